The van der Waals surface area contributed by atoms with E-state index in [1.54, 1.807) is 19.1 Å². The molecule has 1 aliphatic rings. The van der Waals surface area contributed by atoms with Crippen molar-refractivity contribution in [3.05, 3.63) is 54.1 Å². The molecular weight excluding hydrogens is 319 g/mol. The van der Waals surface area contributed by atoms with E-state index in [1.165, 1.54) is 0 Å². The molecule has 0 spiro atoms. The third-order valence-corrected chi connectivity index (χ3v) is 3.60. The van der Waals surface area contributed by atoms with Gasteiger partial charge < -0.3 is 19.2 Å². The summed E-state index contributed by atoms with van der Waals surface area (Å²) in [5, 5.41) is 10.1. The molecule has 5 nitrogen and oxygen atoms in total. The Balaban J connectivity index is 0.00000109. The lowest BCUT2D eigenvalue weighted by molar-refractivity contribution is -0.145. The fraction of sp³-hybridized carbons (Fsp3) is 0.316. The van der Waals surface area contributed by atoms with E-state index < -0.39 is 13.2 Å². The second-order valence-corrected chi connectivity index (χ2v) is 5.19. The summed E-state index contributed by atoms with van der Waals surface area (Å²) in [6, 6.07) is 14.7. The fourth-order valence-corrected chi connectivity index (χ4v) is 2.58. The van der Waals surface area contributed by atoms with Crippen molar-refractivity contribution in [2.75, 3.05) is 6.61 Å². The molecule has 3 rings (SSSR count). The van der Waals surface area contributed by atoms with E-state index in [2.05, 4.69) is 0 Å². The van der Waals surface area contributed by atoms with Crippen LogP contribution >= 0.6 is 0 Å². The van der Waals surface area contributed by atoms with Crippen molar-refractivity contribution in [2.24, 2.45) is 0 Å². The van der Waals surface area contributed by atoms with Gasteiger partial charge in [-0.1, -0.05) is 38.1 Å². The number of hydrogen-bond donors (Lipinski definition) is 1. The summed E-state index contributed by atoms with van der Waals surface area (Å²) in [6.45, 7) is 6.08. The van der Waals surface area contributed by atoms with E-state index >= 15 is 0 Å². The van der Waals surface area contributed by atoms with Gasteiger partial charge in [-0.2, -0.15) is 0 Å². The topological polar surface area (TPSA) is 65.0 Å². The maximum Gasteiger partial charge on any atom is 0.492 e. The molecule has 6 heteroatoms. The van der Waals surface area contributed by atoms with Crippen LogP contribution < -0.4 is 10.2 Å². The summed E-state index contributed by atoms with van der Waals surface area (Å²) in [5.41, 5.74) is 1.40. The second kappa shape index (κ2) is 9.25. The number of carbonyl (C=O) groups is 1. The average molecular weight is 342 g/mol. The van der Waals surface area contributed by atoms with Crippen LogP contribution in [0.15, 0.2) is 48.5 Å². The van der Waals surface area contributed by atoms with Crippen LogP contribution in [-0.4, -0.2) is 24.7 Å². The number of esters is 1. The molecule has 0 amide bonds. The Hall–Kier alpha value is -2.31. The highest BCUT2D eigenvalue weighted by molar-refractivity contribution is 6.61. The molecule has 1 unspecified atom stereocenters. The summed E-state index contributed by atoms with van der Waals surface area (Å²) in [5.74, 6) is 0.973. The van der Waals surface area contributed by atoms with Gasteiger partial charge in [0.2, 0.25) is 0 Å². The summed E-state index contributed by atoms with van der Waals surface area (Å²) in [7, 11) is -1.07. The molecule has 0 saturated heterocycles. The predicted molar refractivity (Wildman–Crippen MR) is 97.0 cm³/mol. The fourth-order valence-electron chi connectivity index (χ4n) is 2.58. The Kier molecular flexibility index (Phi) is 7.04. The van der Waals surface area contributed by atoms with Crippen LogP contribution in [-0.2, 0) is 14.2 Å². The van der Waals surface area contributed by atoms with Crippen molar-refractivity contribution in [1.29, 1.82) is 0 Å². The molecule has 2 aromatic carbocycles. The first-order valence-electron chi connectivity index (χ1n) is 8.53. The van der Waals surface area contributed by atoms with E-state index in [4.69, 9.17) is 14.1 Å². The standard InChI is InChI=1S/C17H17BO5.C2H6/c1-2-21-17(19)11-16-14-9-8-13(10-15(14)18(20)23-16)22-12-6-4-3-5-7-12;1-2/h3-10,16,20H,2,11H2,1H3;1-2H3. The maximum absolute atomic E-state index is 11.6. The largest absolute Gasteiger partial charge is 0.492 e. The Bertz CT molecular complexity index is 689. The summed E-state index contributed by atoms with van der Waals surface area (Å²) in [4.78, 5) is 11.6. The molecule has 0 bridgehead atoms. The van der Waals surface area contributed by atoms with Gasteiger partial charge in [-0.25, -0.2) is 0 Å². The molecule has 132 valence electrons. The molecule has 0 radical (unpaired) electrons. The van der Waals surface area contributed by atoms with Gasteiger partial charge in [0.15, 0.2) is 0 Å². The van der Waals surface area contributed by atoms with Crippen LogP contribution in [0.4, 0.5) is 0 Å². The summed E-state index contributed by atoms with van der Waals surface area (Å²) >= 11 is 0. The minimum absolute atomic E-state index is 0.0801. The zero-order chi connectivity index (χ0) is 18.2. The predicted octanol–water partition coefficient (Wildman–Crippen LogP) is 3.22. The molecule has 25 heavy (non-hydrogen) atoms. The third-order valence-electron chi connectivity index (χ3n) is 3.60. The molecule has 0 saturated carbocycles. The van der Waals surface area contributed by atoms with Gasteiger partial charge in [-0.3, -0.25) is 4.79 Å². The highest BCUT2D eigenvalue weighted by Gasteiger charge is 2.36. The maximum atomic E-state index is 11.6. The second-order valence-electron chi connectivity index (χ2n) is 5.19. The van der Waals surface area contributed by atoms with Gasteiger partial charge in [0.25, 0.3) is 0 Å². The summed E-state index contributed by atoms with van der Waals surface area (Å²) < 4.78 is 16.1. The van der Waals surface area contributed by atoms with Gasteiger partial charge in [-0.15, -0.1) is 0 Å². The van der Waals surface area contributed by atoms with Gasteiger partial charge in [-0.05, 0) is 42.2 Å². The zero-order valence-corrected chi connectivity index (χ0v) is 14.8. The van der Waals surface area contributed by atoms with Crippen LogP contribution in [0.2, 0.25) is 0 Å². The van der Waals surface area contributed by atoms with Gasteiger partial charge in [0.05, 0.1) is 19.1 Å². The highest BCUT2D eigenvalue weighted by Crippen LogP contribution is 2.30. The Morgan fingerprint density at radius 2 is 1.88 bits per heavy atom. The number of rotatable bonds is 5. The molecule has 0 fully saturated rings. The molecule has 2 aromatic rings. The summed E-state index contributed by atoms with van der Waals surface area (Å²) in [6.07, 6.45) is -0.415. The molecule has 1 heterocycles. The lowest BCUT2D eigenvalue weighted by Crippen LogP contribution is -2.28. The normalized spacial score (nSPS) is 15.0. The Morgan fingerprint density at radius 3 is 2.56 bits per heavy atom. The number of ether oxygens (including phenoxy) is 2. The molecule has 1 atom stereocenters. The van der Waals surface area contributed by atoms with E-state index in [-0.39, 0.29) is 12.4 Å². The minimum Gasteiger partial charge on any atom is -0.466 e. The van der Waals surface area contributed by atoms with E-state index in [0.29, 0.717) is 23.6 Å². The van der Waals surface area contributed by atoms with Crippen molar-refractivity contribution < 1.29 is 23.9 Å². The lowest BCUT2D eigenvalue weighted by Gasteiger charge is -2.11. The van der Waals surface area contributed by atoms with Gasteiger partial charge in [0, 0.05) is 0 Å². The van der Waals surface area contributed by atoms with Crippen LogP contribution in [0, 0.1) is 0 Å². The van der Waals surface area contributed by atoms with Gasteiger partial charge in [0.1, 0.15) is 11.5 Å². The number of benzene rings is 2. The van der Waals surface area contributed by atoms with Crippen molar-refractivity contribution in [2.45, 2.75) is 33.3 Å². The average Bonchev–Trinajstić information content (AvgIpc) is 2.93. The molecule has 0 aliphatic carbocycles. The number of fused-ring (bicyclic) bond motifs is 1. The van der Waals surface area contributed by atoms with Gasteiger partial charge >= 0.3 is 13.1 Å². The van der Waals surface area contributed by atoms with Crippen LogP contribution in [0.1, 0.15) is 38.9 Å². The monoisotopic (exact) mass is 342 g/mol. The number of hydrogen-bond acceptors (Lipinski definition) is 5. The van der Waals surface area contributed by atoms with E-state index in [1.807, 2.05) is 50.2 Å². The van der Waals surface area contributed by atoms with E-state index in [0.717, 1.165) is 5.56 Å². The first-order valence-corrected chi connectivity index (χ1v) is 8.53. The Labute approximate surface area is 148 Å². The zero-order valence-electron chi connectivity index (χ0n) is 14.8. The van der Waals surface area contributed by atoms with Crippen LogP contribution in [0.25, 0.3) is 0 Å². The van der Waals surface area contributed by atoms with E-state index in [9.17, 15) is 9.82 Å². The van der Waals surface area contributed by atoms with Crippen molar-refractivity contribution >= 4 is 18.6 Å². The first-order chi connectivity index (χ1) is 12.2. The molecular formula is C19H23BO5. The Morgan fingerprint density at radius 1 is 1.16 bits per heavy atom. The smallest absolute Gasteiger partial charge is 0.466 e. The number of carbonyl (C=O) groups excluding carboxylic acids is 1. The molecule has 1 N–H and O–H groups in total. The lowest BCUT2D eigenvalue weighted by atomic mass is 9.79. The highest BCUT2D eigenvalue weighted by atomic mass is 16.5. The minimum atomic E-state index is -1.07. The molecule has 1 aliphatic heterocycles. The number of para-hydroxylation sites is 1. The van der Waals surface area contributed by atoms with Crippen molar-refractivity contribution in [3.8, 4) is 11.5 Å². The molecule has 0 aromatic heterocycles. The SMILES string of the molecule is CC.CCOC(=O)CC1OB(O)c2cc(Oc3ccccc3)ccc21. The van der Waals surface area contributed by atoms with Crippen LogP contribution in [0.5, 0.6) is 11.5 Å². The van der Waals surface area contributed by atoms with Crippen molar-refractivity contribution in [3.63, 3.8) is 0 Å². The van der Waals surface area contributed by atoms with Crippen molar-refractivity contribution in [1.82, 2.24) is 0 Å². The van der Waals surface area contributed by atoms with Crippen LogP contribution in [0.3, 0.4) is 0 Å². The quantitative estimate of drug-likeness (QED) is 0.668. The first kappa shape index (κ1) is 19.0. The third kappa shape index (κ3) is 4.84.